The van der Waals surface area contributed by atoms with Crippen LogP contribution in [0, 0.1) is 0 Å². The molecule has 0 aliphatic heterocycles. The first-order chi connectivity index (χ1) is 12.6. The summed E-state index contributed by atoms with van der Waals surface area (Å²) in [4.78, 5) is 24.0. The molecule has 2 aromatic heterocycles. The number of rotatable bonds is 7. The lowest BCUT2D eigenvalue weighted by Crippen LogP contribution is -2.27. The summed E-state index contributed by atoms with van der Waals surface area (Å²) < 4.78 is 8.14. The minimum absolute atomic E-state index is 0.169. The van der Waals surface area contributed by atoms with Crippen molar-refractivity contribution >= 4 is 33.4 Å². The molecule has 0 aliphatic carbocycles. The molecule has 0 unspecified atom stereocenters. The van der Waals surface area contributed by atoms with E-state index < -0.39 is 0 Å². The predicted octanol–water partition coefficient (Wildman–Crippen LogP) is 3.05. The summed E-state index contributed by atoms with van der Waals surface area (Å²) in [5.41, 5.74) is 0.707. The van der Waals surface area contributed by atoms with Crippen LogP contribution in [0.5, 0.6) is 0 Å². The molecule has 8 heteroatoms. The number of aromatic nitrogens is 2. The smallest absolute Gasteiger partial charge is 0.287 e. The van der Waals surface area contributed by atoms with Crippen molar-refractivity contribution in [3.05, 3.63) is 70.9 Å². The second kappa shape index (κ2) is 8.48. The van der Waals surface area contributed by atoms with Crippen LogP contribution in [0.3, 0.4) is 0 Å². The molecular weight excluding hydrogens is 400 g/mol. The summed E-state index contributed by atoms with van der Waals surface area (Å²) in [6.45, 7) is 0.673. The fraction of sp³-hybridized carbons (Fsp3) is 0.167. The van der Waals surface area contributed by atoms with E-state index in [0.717, 1.165) is 4.47 Å². The molecule has 0 saturated heterocycles. The second-order valence-corrected chi connectivity index (χ2v) is 6.45. The number of benzene rings is 1. The number of nitrogens with one attached hydrogen (secondary N) is 2. The van der Waals surface area contributed by atoms with Crippen LogP contribution in [0.25, 0.3) is 0 Å². The fourth-order valence-corrected chi connectivity index (χ4v) is 2.54. The third kappa shape index (κ3) is 5.06. The van der Waals surface area contributed by atoms with E-state index in [0.29, 0.717) is 18.0 Å². The molecular formula is C18H17BrN4O3. The molecule has 1 aromatic carbocycles. The lowest BCUT2D eigenvalue weighted by Gasteiger charge is -2.06. The minimum Gasteiger partial charge on any atom is -0.454 e. The monoisotopic (exact) mass is 416 g/mol. The molecule has 26 heavy (non-hydrogen) atoms. The lowest BCUT2D eigenvalue weighted by atomic mass is 10.3. The molecule has 0 aliphatic rings. The Morgan fingerprint density at radius 3 is 2.69 bits per heavy atom. The van der Waals surface area contributed by atoms with Gasteiger partial charge in [0, 0.05) is 35.5 Å². The van der Waals surface area contributed by atoms with Crippen molar-refractivity contribution in [2.24, 2.45) is 0 Å². The quantitative estimate of drug-likeness (QED) is 0.619. The first-order valence-corrected chi connectivity index (χ1v) is 8.79. The highest BCUT2D eigenvalue weighted by atomic mass is 79.9. The van der Waals surface area contributed by atoms with E-state index in [1.807, 2.05) is 24.4 Å². The zero-order chi connectivity index (χ0) is 18.4. The van der Waals surface area contributed by atoms with E-state index in [2.05, 4.69) is 31.7 Å². The predicted molar refractivity (Wildman–Crippen MR) is 99.8 cm³/mol. The molecule has 0 fully saturated rings. The number of carbonyl (C=O) groups excluding carboxylic acids is 2. The van der Waals surface area contributed by atoms with Gasteiger partial charge in [0.05, 0.1) is 6.54 Å². The Balaban J connectivity index is 1.43. The average Bonchev–Trinajstić information content (AvgIpc) is 3.29. The number of halogens is 1. The van der Waals surface area contributed by atoms with Crippen molar-refractivity contribution in [2.45, 2.75) is 13.0 Å². The standard InChI is InChI=1S/C18H17BrN4O3/c19-13-2-4-14(5-3-13)22-17(24)8-10-20-18(25)16-7-6-15(26-16)12-23-11-1-9-21-23/h1-7,9,11H,8,10,12H2,(H,20,25)(H,22,24). The van der Waals surface area contributed by atoms with Crippen molar-refractivity contribution in [3.8, 4) is 0 Å². The largest absolute Gasteiger partial charge is 0.454 e. The van der Waals surface area contributed by atoms with Crippen LogP contribution in [0.15, 0.2) is 63.7 Å². The Morgan fingerprint density at radius 1 is 1.15 bits per heavy atom. The Hall–Kier alpha value is -2.87. The van der Waals surface area contributed by atoms with Crippen molar-refractivity contribution in [1.29, 1.82) is 0 Å². The highest BCUT2D eigenvalue weighted by Crippen LogP contribution is 2.14. The van der Waals surface area contributed by atoms with Crippen LogP contribution >= 0.6 is 15.9 Å². The normalized spacial score (nSPS) is 10.5. The van der Waals surface area contributed by atoms with Gasteiger partial charge in [-0.1, -0.05) is 15.9 Å². The average molecular weight is 417 g/mol. The van der Waals surface area contributed by atoms with Crippen molar-refractivity contribution in [1.82, 2.24) is 15.1 Å². The van der Waals surface area contributed by atoms with E-state index in [-0.39, 0.29) is 30.5 Å². The highest BCUT2D eigenvalue weighted by Gasteiger charge is 2.12. The highest BCUT2D eigenvalue weighted by molar-refractivity contribution is 9.10. The van der Waals surface area contributed by atoms with Gasteiger partial charge in [0.2, 0.25) is 5.91 Å². The van der Waals surface area contributed by atoms with Crippen molar-refractivity contribution < 1.29 is 14.0 Å². The Labute approximate surface area is 158 Å². The van der Waals surface area contributed by atoms with Gasteiger partial charge in [0.15, 0.2) is 5.76 Å². The lowest BCUT2D eigenvalue weighted by molar-refractivity contribution is -0.116. The summed E-state index contributed by atoms with van der Waals surface area (Å²) in [6, 6.07) is 12.4. The van der Waals surface area contributed by atoms with E-state index in [1.54, 1.807) is 35.1 Å². The summed E-state index contributed by atoms with van der Waals surface area (Å²) in [5, 5.41) is 9.52. The maximum Gasteiger partial charge on any atom is 0.287 e. The van der Waals surface area contributed by atoms with Gasteiger partial charge in [-0.2, -0.15) is 5.10 Å². The first kappa shape index (κ1) is 17.9. The molecule has 3 aromatic rings. The van der Waals surface area contributed by atoms with Gasteiger partial charge in [0.1, 0.15) is 5.76 Å². The molecule has 2 heterocycles. The maximum atomic E-state index is 12.1. The van der Waals surface area contributed by atoms with Gasteiger partial charge >= 0.3 is 0 Å². The Morgan fingerprint density at radius 2 is 1.96 bits per heavy atom. The molecule has 2 N–H and O–H groups in total. The summed E-state index contributed by atoms with van der Waals surface area (Å²) in [7, 11) is 0. The molecule has 0 atom stereocenters. The van der Waals surface area contributed by atoms with E-state index in [4.69, 9.17) is 4.42 Å². The molecule has 0 bridgehead atoms. The third-order valence-corrected chi connectivity index (χ3v) is 4.06. The van der Waals surface area contributed by atoms with Gasteiger partial charge in [-0.15, -0.1) is 0 Å². The molecule has 7 nitrogen and oxygen atoms in total. The number of hydrogen-bond acceptors (Lipinski definition) is 4. The molecule has 0 radical (unpaired) electrons. The topological polar surface area (TPSA) is 89.2 Å². The zero-order valence-electron chi connectivity index (χ0n) is 13.8. The minimum atomic E-state index is -0.354. The van der Waals surface area contributed by atoms with Gasteiger partial charge < -0.3 is 15.1 Å². The van der Waals surface area contributed by atoms with Gasteiger partial charge in [-0.25, -0.2) is 0 Å². The van der Waals surface area contributed by atoms with Gasteiger partial charge in [0.25, 0.3) is 5.91 Å². The number of amides is 2. The Bertz CT molecular complexity index is 872. The van der Waals surface area contributed by atoms with Gasteiger partial charge in [-0.3, -0.25) is 14.3 Å². The van der Waals surface area contributed by atoms with Crippen LogP contribution in [0.1, 0.15) is 22.7 Å². The number of hydrogen-bond donors (Lipinski definition) is 2. The van der Waals surface area contributed by atoms with E-state index in [9.17, 15) is 9.59 Å². The molecule has 0 spiro atoms. The number of nitrogens with zero attached hydrogens (tertiary/aromatic N) is 2. The first-order valence-electron chi connectivity index (χ1n) is 8.00. The van der Waals surface area contributed by atoms with E-state index in [1.165, 1.54) is 0 Å². The van der Waals surface area contributed by atoms with Gasteiger partial charge in [-0.05, 0) is 42.5 Å². The molecule has 0 saturated carbocycles. The Kier molecular flexibility index (Phi) is 5.85. The second-order valence-electron chi connectivity index (χ2n) is 5.53. The third-order valence-electron chi connectivity index (χ3n) is 3.53. The number of furan rings is 1. The van der Waals surface area contributed by atoms with Crippen molar-refractivity contribution in [3.63, 3.8) is 0 Å². The number of anilines is 1. The maximum absolute atomic E-state index is 12.1. The van der Waals surface area contributed by atoms with Crippen LogP contribution < -0.4 is 10.6 Å². The van der Waals surface area contributed by atoms with Crippen LogP contribution in [0.4, 0.5) is 5.69 Å². The zero-order valence-corrected chi connectivity index (χ0v) is 15.4. The molecule has 2 amide bonds. The van der Waals surface area contributed by atoms with Crippen LogP contribution in [-0.4, -0.2) is 28.1 Å². The summed E-state index contributed by atoms with van der Waals surface area (Å²) >= 11 is 3.34. The fourth-order valence-electron chi connectivity index (χ4n) is 2.27. The van der Waals surface area contributed by atoms with E-state index >= 15 is 0 Å². The molecule has 134 valence electrons. The number of carbonyl (C=O) groups is 2. The van der Waals surface area contributed by atoms with Crippen LogP contribution in [-0.2, 0) is 11.3 Å². The molecule has 3 rings (SSSR count). The summed E-state index contributed by atoms with van der Waals surface area (Å²) in [6.07, 6.45) is 3.66. The van der Waals surface area contributed by atoms with Crippen molar-refractivity contribution in [2.75, 3.05) is 11.9 Å². The SMILES string of the molecule is O=C(CCNC(=O)c1ccc(Cn2cccn2)o1)Nc1ccc(Br)cc1. The van der Waals surface area contributed by atoms with Crippen LogP contribution in [0.2, 0.25) is 0 Å². The summed E-state index contributed by atoms with van der Waals surface area (Å²) in [5.74, 6) is 0.312.